The molecule has 0 aromatic heterocycles. The molecule has 2 aromatic rings. The van der Waals surface area contributed by atoms with Crippen LogP contribution in [0, 0.1) is 0 Å². The van der Waals surface area contributed by atoms with Crippen LogP contribution in [0.1, 0.15) is 29.7 Å². The first-order valence-electron chi connectivity index (χ1n) is 6.41. The van der Waals surface area contributed by atoms with Gasteiger partial charge >= 0.3 is 6.18 Å². The standard InChI is InChI=1S/C16H16F3N/c1-12(14-5-3-2-4-6-14)20-11-13-7-9-15(10-8-13)16(17,18)19/h2-10,12,20H,11H2,1H3/t12-/m1/s1. The molecule has 1 nitrogen and oxygen atoms in total. The third-order valence-electron chi connectivity index (χ3n) is 3.19. The first-order chi connectivity index (χ1) is 9.47. The zero-order valence-electron chi connectivity index (χ0n) is 11.1. The van der Waals surface area contributed by atoms with Crippen molar-refractivity contribution in [2.45, 2.75) is 25.7 Å². The molecule has 0 bridgehead atoms. The van der Waals surface area contributed by atoms with Crippen LogP contribution in [0.15, 0.2) is 54.6 Å². The van der Waals surface area contributed by atoms with Crippen LogP contribution in [0.25, 0.3) is 0 Å². The number of benzene rings is 2. The number of rotatable bonds is 4. The van der Waals surface area contributed by atoms with Crippen LogP contribution < -0.4 is 5.32 Å². The van der Waals surface area contributed by atoms with Crippen molar-refractivity contribution in [3.8, 4) is 0 Å². The van der Waals surface area contributed by atoms with Crippen molar-refractivity contribution in [1.29, 1.82) is 0 Å². The highest BCUT2D eigenvalue weighted by Crippen LogP contribution is 2.29. The number of alkyl halides is 3. The Bertz CT molecular complexity index is 532. The highest BCUT2D eigenvalue weighted by Gasteiger charge is 2.29. The maximum atomic E-state index is 12.4. The van der Waals surface area contributed by atoms with Crippen LogP contribution in [-0.4, -0.2) is 0 Å². The average Bonchev–Trinajstić information content (AvgIpc) is 2.45. The molecule has 106 valence electrons. The Labute approximate surface area is 116 Å². The third kappa shape index (κ3) is 3.84. The molecule has 0 aliphatic carbocycles. The lowest BCUT2D eigenvalue weighted by Crippen LogP contribution is -2.18. The van der Waals surface area contributed by atoms with E-state index in [0.29, 0.717) is 6.54 Å². The summed E-state index contributed by atoms with van der Waals surface area (Å²) in [5, 5.41) is 3.29. The minimum atomic E-state index is -4.27. The molecule has 0 fully saturated rings. The van der Waals surface area contributed by atoms with Gasteiger partial charge in [0, 0.05) is 12.6 Å². The van der Waals surface area contributed by atoms with E-state index in [2.05, 4.69) is 5.32 Å². The Morgan fingerprint density at radius 2 is 1.55 bits per heavy atom. The number of halogens is 3. The second-order valence-corrected chi connectivity index (χ2v) is 4.71. The molecule has 0 saturated heterocycles. The summed E-state index contributed by atoms with van der Waals surface area (Å²) < 4.78 is 37.3. The summed E-state index contributed by atoms with van der Waals surface area (Å²) in [6.45, 7) is 2.56. The zero-order valence-corrected chi connectivity index (χ0v) is 11.1. The maximum absolute atomic E-state index is 12.4. The summed E-state index contributed by atoms with van der Waals surface area (Å²) >= 11 is 0. The van der Waals surface area contributed by atoms with Gasteiger partial charge in [-0.2, -0.15) is 13.2 Å². The molecule has 1 N–H and O–H groups in total. The van der Waals surface area contributed by atoms with E-state index < -0.39 is 11.7 Å². The summed E-state index contributed by atoms with van der Waals surface area (Å²) in [5.41, 5.74) is 1.37. The molecule has 0 aliphatic heterocycles. The number of hydrogen-bond acceptors (Lipinski definition) is 1. The molecule has 0 radical (unpaired) electrons. The summed E-state index contributed by atoms with van der Waals surface area (Å²) in [6, 6.07) is 15.3. The van der Waals surface area contributed by atoms with Gasteiger partial charge in [0.05, 0.1) is 5.56 Å². The molecule has 0 aliphatic rings. The lowest BCUT2D eigenvalue weighted by atomic mass is 10.1. The molecule has 1 atom stereocenters. The Morgan fingerprint density at radius 3 is 2.10 bits per heavy atom. The fourth-order valence-corrected chi connectivity index (χ4v) is 1.94. The van der Waals surface area contributed by atoms with Crippen molar-refractivity contribution in [1.82, 2.24) is 5.32 Å². The van der Waals surface area contributed by atoms with E-state index in [-0.39, 0.29) is 6.04 Å². The molecular formula is C16H16F3N. The second-order valence-electron chi connectivity index (χ2n) is 4.71. The van der Waals surface area contributed by atoms with Crippen molar-refractivity contribution in [3.63, 3.8) is 0 Å². The predicted molar refractivity (Wildman–Crippen MR) is 73.1 cm³/mol. The Kier molecular flexibility index (Phi) is 4.45. The Hall–Kier alpha value is -1.81. The summed E-state index contributed by atoms with van der Waals surface area (Å²) in [6.07, 6.45) is -4.27. The highest BCUT2D eigenvalue weighted by molar-refractivity contribution is 5.25. The Balaban J connectivity index is 1.94. The summed E-state index contributed by atoms with van der Waals surface area (Å²) in [4.78, 5) is 0. The largest absolute Gasteiger partial charge is 0.416 e. The molecule has 4 heteroatoms. The maximum Gasteiger partial charge on any atom is 0.416 e. The SMILES string of the molecule is C[C@@H](NCc1ccc(C(F)(F)F)cc1)c1ccccc1. The molecule has 0 amide bonds. The smallest absolute Gasteiger partial charge is 0.306 e. The average molecular weight is 279 g/mol. The van der Waals surface area contributed by atoms with Gasteiger partial charge in [-0.15, -0.1) is 0 Å². The van der Waals surface area contributed by atoms with Gasteiger partial charge < -0.3 is 5.32 Å². The van der Waals surface area contributed by atoms with Gasteiger partial charge in [0.25, 0.3) is 0 Å². The van der Waals surface area contributed by atoms with Crippen molar-refractivity contribution in [2.75, 3.05) is 0 Å². The summed E-state index contributed by atoms with van der Waals surface area (Å²) in [5.74, 6) is 0. The van der Waals surface area contributed by atoms with Crippen molar-refractivity contribution in [3.05, 3.63) is 71.3 Å². The monoisotopic (exact) mass is 279 g/mol. The lowest BCUT2D eigenvalue weighted by molar-refractivity contribution is -0.137. The minimum Gasteiger partial charge on any atom is -0.306 e. The molecule has 2 rings (SSSR count). The van der Waals surface area contributed by atoms with Crippen LogP contribution in [0.3, 0.4) is 0 Å². The fourth-order valence-electron chi connectivity index (χ4n) is 1.94. The molecular weight excluding hydrogens is 263 g/mol. The highest BCUT2D eigenvalue weighted by atomic mass is 19.4. The molecule has 20 heavy (non-hydrogen) atoms. The topological polar surface area (TPSA) is 12.0 Å². The van der Waals surface area contributed by atoms with E-state index in [1.165, 1.54) is 12.1 Å². The number of nitrogens with one attached hydrogen (secondary N) is 1. The van der Waals surface area contributed by atoms with Gasteiger partial charge in [0.2, 0.25) is 0 Å². The van der Waals surface area contributed by atoms with Crippen molar-refractivity contribution < 1.29 is 13.2 Å². The first-order valence-corrected chi connectivity index (χ1v) is 6.41. The fraction of sp³-hybridized carbons (Fsp3) is 0.250. The zero-order chi connectivity index (χ0) is 14.6. The van der Waals surface area contributed by atoms with Crippen LogP contribution in [0.2, 0.25) is 0 Å². The van der Waals surface area contributed by atoms with Gasteiger partial charge in [-0.1, -0.05) is 42.5 Å². The van der Waals surface area contributed by atoms with Crippen LogP contribution in [0.4, 0.5) is 13.2 Å². The van der Waals surface area contributed by atoms with E-state index in [1.807, 2.05) is 37.3 Å². The molecule has 0 saturated carbocycles. The van der Waals surface area contributed by atoms with E-state index in [1.54, 1.807) is 0 Å². The van der Waals surface area contributed by atoms with Gasteiger partial charge in [0.15, 0.2) is 0 Å². The van der Waals surface area contributed by atoms with Gasteiger partial charge in [-0.25, -0.2) is 0 Å². The molecule has 2 aromatic carbocycles. The molecule has 0 spiro atoms. The predicted octanol–water partition coefficient (Wildman–Crippen LogP) is 4.56. The quantitative estimate of drug-likeness (QED) is 0.865. The van der Waals surface area contributed by atoms with Gasteiger partial charge in [-0.05, 0) is 30.2 Å². The second kappa shape index (κ2) is 6.09. The van der Waals surface area contributed by atoms with E-state index in [4.69, 9.17) is 0 Å². The lowest BCUT2D eigenvalue weighted by Gasteiger charge is -2.14. The van der Waals surface area contributed by atoms with Crippen LogP contribution >= 0.6 is 0 Å². The van der Waals surface area contributed by atoms with E-state index in [0.717, 1.165) is 23.3 Å². The molecule has 0 unspecified atom stereocenters. The number of hydrogen-bond donors (Lipinski definition) is 1. The van der Waals surface area contributed by atoms with E-state index in [9.17, 15) is 13.2 Å². The summed E-state index contributed by atoms with van der Waals surface area (Å²) in [7, 11) is 0. The first kappa shape index (κ1) is 14.6. The van der Waals surface area contributed by atoms with Crippen molar-refractivity contribution >= 4 is 0 Å². The van der Waals surface area contributed by atoms with Crippen LogP contribution in [-0.2, 0) is 12.7 Å². The Morgan fingerprint density at radius 1 is 0.950 bits per heavy atom. The minimum absolute atomic E-state index is 0.151. The van der Waals surface area contributed by atoms with Gasteiger partial charge in [0.1, 0.15) is 0 Å². The van der Waals surface area contributed by atoms with Gasteiger partial charge in [-0.3, -0.25) is 0 Å². The normalized spacial score (nSPS) is 13.2. The molecule has 0 heterocycles. The van der Waals surface area contributed by atoms with Crippen LogP contribution in [0.5, 0.6) is 0 Å². The van der Waals surface area contributed by atoms with Crippen molar-refractivity contribution in [2.24, 2.45) is 0 Å². The third-order valence-corrected chi connectivity index (χ3v) is 3.19. The van der Waals surface area contributed by atoms with E-state index >= 15 is 0 Å².